The zero-order chi connectivity index (χ0) is 15.9. The van der Waals surface area contributed by atoms with Gasteiger partial charge in [0.25, 0.3) is 5.91 Å². The lowest BCUT2D eigenvalue weighted by molar-refractivity contribution is 0.0950. The van der Waals surface area contributed by atoms with Crippen LogP contribution >= 0.6 is 0 Å². The Morgan fingerprint density at radius 2 is 1.55 bits per heavy atom. The van der Waals surface area contributed by atoms with Crippen LogP contribution in [0.2, 0.25) is 0 Å². The Labute approximate surface area is 129 Å². The van der Waals surface area contributed by atoms with Crippen LogP contribution < -0.4 is 19.5 Å². The summed E-state index contributed by atoms with van der Waals surface area (Å²) in [6.07, 6.45) is 0. The summed E-state index contributed by atoms with van der Waals surface area (Å²) in [7, 11) is 4.71. The Bertz CT molecular complexity index is 633. The molecule has 0 aliphatic heterocycles. The second-order valence-electron chi connectivity index (χ2n) is 4.64. The first-order chi connectivity index (χ1) is 10.7. The van der Waals surface area contributed by atoms with Gasteiger partial charge in [0.15, 0.2) is 0 Å². The van der Waals surface area contributed by atoms with Gasteiger partial charge in [-0.1, -0.05) is 12.1 Å². The highest BCUT2D eigenvalue weighted by Gasteiger charge is 2.09. The molecule has 0 radical (unpaired) electrons. The van der Waals surface area contributed by atoms with Crippen molar-refractivity contribution in [1.82, 2.24) is 5.32 Å². The van der Waals surface area contributed by atoms with E-state index in [1.807, 2.05) is 24.3 Å². The maximum atomic E-state index is 12.3. The molecule has 0 atom stereocenters. The number of methoxy groups -OCH3 is 3. The SMILES string of the molecule is COc1cccc(CNC(=O)c2cc(OC)cc(OC)c2)c1. The van der Waals surface area contributed by atoms with Crippen molar-refractivity contribution in [3.63, 3.8) is 0 Å². The average Bonchev–Trinajstić information content (AvgIpc) is 2.59. The Kier molecular flexibility index (Phi) is 5.25. The summed E-state index contributed by atoms with van der Waals surface area (Å²) in [5.74, 6) is 1.71. The minimum absolute atomic E-state index is 0.194. The fraction of sp³-hybridized carbons (Fsp3) is 0.235. The van der Waals surface area contributed by atoms with E-state index >= 15 is 0 Å². The van der Waals surface area contributed by atoms with E-state index < -0.39 is 0 Å². The first-order valence-electron chi connectivity index (χ1n) is 6.80. The fourth-order valence-corrected chi connectivity index (χ4v) is 2.01. The van der Waals surface area contributed by atoms with Crippen molar-refractivity contribution in [3.05, 3.63) is 53.6 Å². The maximum absolute atomic E-state index is 12.3. The van der Waals surface area contributed by atoms with Crippen LogP contribution in [-0.2, 0) is 6.54 Å². The highest BCUT2D eigenvalue weighted by Crippen LogP contribution is 2.22. The third-order valence-electron chi connectivity index (χ3n) is 3.20. The predicted octanol–water partition coefficient (Wildman–Crippen LogP) is 2.64. The lowest BCUT2D eigenvalue weighted by atomic mass is 10.1. The van der Waals surface area contributed by atoms with Crippen LogP contribution in [0, 0.1) is 0 Å². The fourth-order valence-electron chi connectivity index (χ4n) is 2.01. The Morgan fingerprint density at radius 3 is 2.14 bits per heavy atom. The predicted molar refractivity (Wildman–Crippen MR) is 83.7 cm³/mol. The molecule has 2 aromatic rings. The second-order valence-corrected chi connectivity index (χ2v) is 4.64. The van der Waals surface area contributed by atoms with Gasteiger partial charge in [0.05, 0.1) is 21.3 Å². The van der Waals surface area contributed by atoms with E-state index in [1.165, 1.54) is 0 Å². The molecule has 0 saturated heterocycles. The smallest absolute Gasteiger partial charge is 0.251 e. The minimum Gasteiger partial charge on any atom is -0.497 e. The van der Waals surface area contributed by atoms with Gasteiger partial charge in [0, 0.05) is 18.2 Å². The monoisotopic (exact) mass is 301 g/mol. The number of hydrogen-bond donors (Lipinski definition) is 1. The average molecular weight is 301 g/mol. The normalized spacial score (nSPS) is 9.95. The van der Waals surface area contributed by atoms with Crippen LogP contribution in [0.5, 0.6) is 17.2 Å². The number of carbonyl (C=O) groups is 1. The number of benzene rings is 2. The largest absolute Gasteiger partial charge is 0.497 e. The molecule has 0 spiro atoms. The Hall–Kier alpha value is -2.69. The molecule has 0 bridgehead atoms. The molecule has 116 valence electrons. The van der Waals surface area contributed by atoms with E-state index in [1.54, 1.807) is 39.5 Å². The topological polar surface area (TPSA) is 56.8 Å². The molecule has 0 aliphatic carbocycles. The zero-order valence-corrected chi connectivity index (χ0v) is 12.9. The van der Waals surface area contributed by atoms with Gasteiger partial charge >= 0.3 is 0 Å². The first-order valence-corrected chi connectivity index (χ1v) is 6.80. The van der Waals surface area contributed by atoms with Gasteiger partial charge in [0.2, 0.25) is 0 Å². The molecule has 2 rings (SSSR count). The molecule has 5 heteroatoms. The molecule has 1 N–H and O–H groups in total. The van der Waals surface area contributed by atoms with Crippen LogP contribution in [0.4, 0.5) is 0 Å². The van der Waals surface area contributed by atoms with Gasteiger partial charge in [-0.2, -0.15) is 0 Å². The van der Waals surface area contributed by atoms with Crippen molar-refractivity contribution >= 4 is 5.91 Å². The highest BCUT2D eigenvalue weighted by atomic mass is 16.5. The van der Waals surface area contributed by atoms with E-state index in [-0.39, 0.29) is 5.91 Å². The zero-order valence-electron chi connectivity index (χ0n) is 12.9. The third kappa shape index (κ3) is 3.91. The van der Waals surface area contributed by atoms with Gasteiger partial charge in [-0.15, -0.1) is 0 Å². The number of nitrogens with one attached hydrogen (secondary N) is 1. The lowest BCUT2D eigenvalue weighted by Gasteiger charge is -2.10. The van der Waals surface area contributed by atoms with Crippen molar-refractivity contribution in [2.75, 3.05) is 21.3 Å². The van der Waals surface area contributed by atoms with E-state index in [2.05, 4.69) is 5.32 Å². The van der Waals surface area contributed by atoms with Crippen molar-refractivity contribution in [2.45, 2.75) is 6.54 Å². The Morgan fingerprint density at radius 1 is 0.909 bits per heavy atom. The van der Waals surface area contributed by atoms with E-state index in [4.69, 9.17) is 14.2 Å². The van der Waals surface area contributed by atoms with Crippen LogP contribution in [-0.4, -0.2) is 27.2 Å². The van der Waals surface area contributed by atoms with Crippen LogP contribution in [0.15, 0.2) is 42.5 Å². The molecule has 0 fully saturated rings. The molecular formula is C17H19NO4. The number of hydrogen-bond acceptors (Lipinski definition) is 4. The molecule has 0 heterocycles. The second kappa shape index (κ2) is 7.36. The summed E-state index contributed by atoms with van der Waals surface area (Å²) < 4.78 is 15.5. The van der Waals surface area contributed by atoms with Crippen LogP contribution in [0.3, 0.4) is 0 Å². The molecule has 0 aliphatic rings. The Balaban J connectivity index is 2.08. The summed E-state index contributed by atoms with van der Waals surface area (Å²) in [6, 6.07) is 12.6. The molecule has 2 aromatic carbocycles. The molecule has 0 unspecified atom stereocenters. The summed E-state index contributed by atoms with van der Waals surface area (Å²) in [6.45, 7) is 0.412. The molecule has 0 aromatic heterocycles. The van der Waals surface area contributed by atoms with Gasteiger partial charge in [-0.25, -0.2) is 0 Å². The van der Waals surface area contributed by atoms with E-state index in [0.717, 1.165) is 11.3 Å². The number of ether oxygens (including phenoxy) is 3. The van der Waals surface area contributed by atoms with E-state index in [9.17, 15) is 4.79 Å². The molecule has 22 heavy (non-hydrogen) atoms. The molecule has 5 nitrogen and oxygen atoms in total. The standard InChI is InChI=1S/C17H19NO4/c1-20-14-6-4-5-12(7-14)11-18-17(19)13-8-15(21-2)10-16(9-13)22-3/h4-10H,11H2,1-3H3,(H,18,19). The molecule has 1 amide bonds. The summed E-state index contributed by atoms with van der Waals surface area (Å²) in [5, 5.41) is 2.86. The summed E-state index contributed by atoms with van der Waals surface area (Å²) in [4.78, 5) is 12.3. The van der Waals surface area contributed by atoms with Crippen LogP contribution in [0.1, 0.15) is 15.9 Å². The maximum Gasteiger partial charge on any atom is 0.251 e. The highest BCUT2D eigenvalue weighted by molar-refractivity contribution is 5.95. The van der Waals surface area contributed by atoms with Gasteiger partial charge in [-0.05, 0) is 29.8 Å². The third-order valence-corrected chi connectivity index (χ3v) is 3.20. The number of amides is 1. The van der Waals surface area contributed by atoms with Crippen molar-refractivity contribution < 1.29 is 19.0 Å². The summed E-state index contributed by atoms with van der Waals surface area (Å²) in [5.41, 5.74) is 1.45. The van der Waals surface area contributed by atoms with Crippen molar-refractivity contribution in [3.8, 4) is 17.2 Å². The van der Waals surface area contributed by atoms with Crippen LogP contribution in [0.25, 0.3) is 0 Å². The van der Waals surface area contributed by atoms with Crippen molar-refractivity contribution in [1.29, 1.82) is 0 Å². The molecule has 0 saturated carbocycles. The van der Waals surface area contributed by atoms with Gasteiger partial charge in [0.1, 0.15) is 17.2 Å². The van der Waals surface area contributed by atoms with Gasteiger partial charge in [-0.3, -0.25) is 4.79 Å². The summed E-state index contributed by atoms with van der Waals surface area (Å²) >= 11 is 0. The van der Waals surface area contributed by atoms with Crippen molar-refractivity contribution in [2.24, 2.45) is 0 Å². The van der Waals surface area contributed by atoms with Gasteiger partial charge < -0.3 is 19.5 Å². The number of rotatable bonds is 6. The van der Waals surface area contributed by atoms with E-state index in [0.29, 0.717) is 23.6 Å². The first kappa shape index (κ1) is 15.7. The quantitative estimate of drug-likeness (QED) is 0.891. The lowest BCUT2D eigenvalue weighted by Crippen LogP contribution is -2.22. The minimum atomic E-state index is -0.194. The number of carbonyl (C=O) groups excluding carboxylic acids is 1. The molecular weight excluding hydrogens is 282 g/mol.